The summed E-state index contributed by atoms with van der Waals surface area (Å²) in [7, 11) is -4.30. The Morgan fingerprint density at radius 2 is 1.56 bits per heavy atom. The molecular formula is C30H32Cl2FN3O4S. The number of aryl methyl sites for hydroxylation is 1. The number of nitrogens with zero attached hydrogens (tertiary/aromatic N) is 2. The summed E-state index contributed by atoms with van der Waals surface area (Å²) in [5.41, 5.74) is 1.58. The molecule has 0 radical (unpaired) electrons. The molecule has 1 N–H and O–H groups in total. The van der Waals surface area contributed by atoms with E-state index in [4.69, 9.17) is 23.2 Å². The summed E-state index contributed by atoms with van der Waals surface area (Å²) in [5, 5.41) is 3.64. The molecule has 1 aliphatic rings. The van der Waals surface area contributed by atoms with Crippen molar-refractivity contribution in [1.29, 1.82) is 0 Å². The van der Waals surface area contributed by atoms with Gasteiger partial charge < -0.3 is 10.2 Å². The van der Waals surface area contributed by atoms with Crippen LogP contribution < -0.4 is 9.62 Å². The fourth-order valence-corrected chi connectivity index (χ4v) is 6.73. The second-order valence-electron chi connectivity index (χ2n) is 10.2. The number of rotatable bonds is 10. The highest BCUT2D eigenvalue weighted by molar-refractivity contribution is 7.92. The van der Waals surface area contributed by atoms with Crippen LogP contribution in [0.25, 0.3) is 0 Å². The molecule has 1 aliphatic carbocycles. The average Bonchev–Trinajstić information content (AvgIpc) is 3.45. The van der Waals surface area contributed by atoms with Gasteiger partial charge in [0.1, 0.15) is 18.4 Å². The molecule has 0 bridgehead atoms. The van der Waals surface area contributed by atoms with Gasteiger partial charge in [-0.15, -0.1) is 0 Å². The maximum atomic E-state index is 14.0. The first-order chi connectivity index (χ1) is 19.5. The summed E-state index contributed by atoms with van der Waals surface area (Å²) in [4.78, 5) is 28.4. The minimum atomic E-state index is -4.30. The Bertz CT molecular complexity index is 1470. The van der Waals surface area contributed by atoms with Gasteiger partial charge in [-0.05, 0) is 75.2 Å². The van der Waals surface area contributed by atoms with Crippen molar-refractivity contribution >= 4 is 50.7 Å². The summed E-state index contributed by atoms with van der Waals surface area (Å²) >= 11 is 12.8. The van der Waals surface area contributed by atoms with Crippen LogP contribution in [0.2, 0.25) is 10.0 Å². The Hall–Kier alpha value is -3.14. The molecule has 7 nitrogen and oxygen atoms in total. The van der Waals surface area contributed by atoms with E-state index in [0.717, 1.165) is 59.8 Å². The number of nitrogens with one attached hydrogen (secondary N) is 1. The Morgan fingerprint density at radius 3 is 2.15 bits per heavy atom. The van der Waals surface area contributed by atoms with E-state index in [2.05, 4.69) is 5.32 Å². The zero-order valence-corrected chi connectivity index (χ0v) is 25.1. The van der Waals surface area contributed by atoms with Gasteiger partial charge in [-0.1, -0.05) is 59.8 Å². The molecule has 0 spiro atoms. The van der Waals surface area contributed by atoms with Crippen LogP contribution in [-0.4, -0.2) is 43.8 Å². The van der Waals surface area contributed by atoms with Gasteiger partial charge in [0.15, 0.2) is 0 Å². The quantitative estimate of drug-likeness (QED) is 0.296. The SMILES string of the molecule is Cc1ccc(N(CC(=O)N(Cc2c(Cl)cccc2Cl)[C@H](C)C(=O)NC2CCCC2)S(=O)(=O)c2ccc(F)cc2)cc1. The molecule has 0 aromatic heterocycles. The smallest absolute Gasteiger partial charge is 0.264 e. The van der Waals surface area contributed by atoms with E-state index in [1.54, 1.807) is 49.4 Å². The minimum absolute atomic E-state index is 0.0220. The van der Waals surface area contributed by atoms with Crippen LogP contribution in [0.1, 0.15) is 43.7 Å². The Balaban J connectivity index is 1.71. The van der Waals surface area contributed by atoms with Crippen molar-refractivity contribution in [3.05, 3.63) is 93.7 Å². The third-order valence-electron chi connectivity index (χ3n) is 7.26. The first kappa shape index (κ1) is 30.8. The van der Waals surface area contributed by atoms with Gasteiger partial charge in [0.05, 0.1) is 10.6 Å². The van der Waals surface area contributed by atoms with E-state index < -0.39 is 34.3 Å². The summed E-state index contributed by atoms with van der Waals surface area (Å²) in [6.07, 6.45) is 3.76. The van der Waals surface area contributed by atoms with Gasteiger partial charge in [0.25, 0.3) is 10.0 Å². The number of halogens is 3. The number of benzene rings is 3. The topological polar surface area (TPSA) is 86.8 Å². The van der Waals surface area contributed by atoms with Crippen LogP contribution in [0.4, 0.5) is 10.1 Å². The molecule has 1 fully saturated rings. The molecular weight excluding hydrogens is 588 g/mol. The van der Waals surface area contributed by atoms with E-state index in [1.807, 2.05) is 6.92 Å². The monoisotopic (exact) mass is 619 g/mol. The van der Waals surface area contributed by atoms with E-state index in [-0.39, 0.29) is 29.1 Å². The summed E-state index contributed by atoms with van der Waals surface area (Å²) in [6, 6.07) is 15.0. The molecule has 0 saturated heterocycles. The third-order valence-corrected chi connectivity index (χ3v) is 9.76. The van der Waals surface area contributed by atoms with E-state index in [0.29, 0.717) is 15.6 Å². The molecule has 41 heavy (non-hydrogen) atoms. The molecule has 3 aromatic rings. The van der Waals surface area contributed by atoms with Crippen molar-refractivity contribution in [3.63, 3.8) is 0 Å². The third kappa shape index (κ3) is 7.39. The zero-order chi connectivity index (χ0) is 29.7. The second kappa shape index (κ2) is 13.2. The molecule has 3 aromatic carbocycles. The highest BCUT2D eigenvalue weighted by Crippen LogP contribution is 2.29. The molecule has 4 rings (SSSR count). The fraction of sp³-hybridized carbons (Fsp3) is 0.333. The van der Waals surface area contributed by atoms with Gasteiger partial charge in [0.2, 0.25) is 11.8 Å². The Labute approximate surface area is 250 Å². The van der Waals surface area contributed by atoms with Crippen molar-refractivity contribution < 1.29 is 22.4 Å². The predicted octanol–water partition coefficient (Wildman–Crippen LogP) is 6.11. The molecule has 0 unspecified atom stereocenters. The van der Waals surface area contributed by atoms with Crippen molar-refractivity contribution in [3.8, 4) is 0 Å². The molecule has 218 valence electrons. The van der Waals surface area contributed by atoms with Crippen molar-refractivity contribution in [1.82, 2.24) is 10.2 Å². The number of carbonyl (C=O) groups is 2. The van der Waals surface area contributed by atoms with Crippen molar-refractivity contribution in [2.24, 2.45) is 0 Å². The first-order valence-corrected chi connectivity index (χ1v) is 15.5. The van der Waals surface area contributed by atoms with E-state index in [9.17, 15) is 22.4 Å². The number of amides is 2. The van der Waals surface area contributed by atoms with Gasteiger partial charge in [-0.2, -0.15) is 0 Å². The average molecular weight is 621 g/mol. The predicted molar refractivity (Wildman–Crippen MR) is 159 cm³/mol. The van der Waals surface area contributed by atoms with E-state index in [1.165, 1.54) is 4.90 Å². The maximum Gasteiger partial charge on any atom is 0.264 e. The van der Waals surface area contributed by atoms with Gasteiger partial charge in [0, 0.05) is 28.2 Å². The summed E-state index contributed by atoms with van der Waals surface area (Å²) in [6.45, 7) is 2.71. The number of hydrogen-bond acceptors (Lipinski definition) is 4. The molecule has 1 saturated carbocycles. The number of sulfonamides is 1. The number of anilines is 1. The molecule has 2 amide bonds. The Morgan fingerprint density at radius 1 is 0.976 bits per heavy atom. The standard InChI is InChI=1S/C30H32Cl2FN3O4S/c1-20-10-14-24(15-11-20)36(41(39,40)25-16-12-22(33)13-17-25)19-29(37)35(18-26-27(31)8-5-9-28(26)32)21(2)30(38)34-23-6-3-4-7-23/h5,8-17,21,23H,3-4,6-7,18-19H2,1-2H3,(H,34,38)/t21-/m1/s1. The molecule has 0 heterocycles. The highest BCUT2D eigenvalue weighted by Gasteiger charge is 2.34. The van der Waals surface area contributed by atoms with Crippen molar-refractivity contribution in [2.45, 2.75) is 63.1 Å². The fourth-order valence-electron chi connectivity index (χ4n) is 4.80. The van der Waals surface area contributed by atoms with Crippen LogP contribution in [0.5, 0.6) is 0 Å². The van der Waals surface area contributed by atoms with Crippen LogP contribution in [0, 0.1) is 12.7 Å². The van der Waals surface area contributed by atoms with Crippen LogP contribution in [0.3, 0.4) is 0 Å². The Kier molecular flexibility index (Phi) is 9.94. The largest absolute Gasteiger partial charge is 0.352 e. The normalized spacial score (nSPS) is 14.5. The maximum absolute atomic E-state index is 14.0. The molecule has 1 atom stereocenters. The summed E-state index contributed by atoms with van der Waals surface area (Å²) in [5.74, 6) is -1.58. The lowest BCUT2D eigenvalue weighted by Crippen LogP contribution is -2.52. The number of hydrogen-bond donors (Lipinski definition) is 1. The van der Waals surface area contributed by atoms with Gasteiger partial charge >= 0.3 is 0 Å². The van der Waals surface area contributed by atoms with Crippen LogP contribution in [-0.2, 0) is 26.2 Å². The number of carbonyl (C=O) groups excluding carboxylic acids is 2. The van der Waals surface area contributed by atoms with Crippen LogP contribution in [0.15, 0.2) is 71.6 Å². The lowest BCUT2D eigenvalue weighted by atomic mass is 10.1. The van der Waals surface area contributed by atoms with Crippen molar-refractivity contribution in [2.75, 3.05) is 10.8 Å². The van der Waals surface area contributed by atoms with Crippen LogP contribution >= 0.6 is 23.2 Å². The van der Waals surface area contributed by atoms with Gasteiger partial charge in [-0.25, -0.2) is 12.8 Å². The molecule has 0 aliphatic heterocycles. The lowest BCUT2D eigenvalue weighted by molar-refractivity contribution is -0.139. The summed E-state index contributed by atoms with van der Waals surface area (Å²) < 4.78 is 42.2. The van der Waals surface area contributed by atoms with E-state index >= 15 is 0 Å². The lowest BCUT2D eigenvalue weighted by Gasteiger charge is -2.33. The van der Waals surface area contributed by atoms with Gasteiger partial charge in [-0.3, -0.25) is 13.9 Å². The minimum Gasteiger partial charge on any atom is -0.352 e. The highest BCUT2D eigenvalue weighted by atomic mass is 35.5. The zero-order valence-electron chi connectivity index (χ0n) is 22.8. The second-order valence-corrected chi connectivity index (χ2v) is 12.9. The first-order valence-electron chi connectivity index (χ1n) is 13.3. The molecule has 11 heteroatoms.